The molecule has 3 nitrogen and oxygen atoms in total. The maximum atomic E-state index is 13.7. The minimum atomic E-state index is -4.78. The Morgan fingerprint density at radius 3 is 2.42 bits per heavy atom. The summed E-state index contributed by atoms with van der Waals surface area (Å²) < 4.78 is 54.4. The van der Waals surface area contributed by atoms with Crippen molar-refractivity contribution in [1.29, 1.82) is 0 Å². The summed E-state index contributed by atoms with van der Waals surface area (Å²) >= 11 is 0. The van der Waals surface area contributed by atoms with E-state index in [0.717, 1.165) is 18.2 Å². The van der Waals surface area contributed by atoms with Crippen LogP contribution in [0.1, 0.15) is 27.9 Å². The lowest BCUT2D eigenvalue weighted by atomic mass is 9.86. The molecule has 0 aliphatic carbocycles. The number of nitrogens with zero attached hydrogens (tertiary/aromatic N) is 1. The molecule has 0 N–H and O–H groups in total. The van der Waals surface area contributed by atoms with Crippen LogP contribution in [0.4, 0.5) is 17.6 Å². The van der Waals surface area contributed by atoms with Crippen molar-refractivity contribution in [3.63, 3.8) is 0 Å². The fraction of sp³-hybridized carbons (Fsp3) is 0.176. The van der Waals surface area contributed by atoms with Crippen LogP contribution in [0, 0.1) is 5.82 Å². The van der Waals surface area contributed by atoms with Gasteiger partial charge in [0.2, 0.25) is 0 Å². The van der Waals surface area contributed by atoms with Crippen molar-refractivity contribution in [2.24, 2.45) is 5.16 Å². The molecule has 0 fully saturated rings. The molecular formula is C17H11F4NO2. The number of halogens is 4. The lowest BCUT2D eigenvalue weighted by molar-refractivity contribution is -0.275. The van der Waals surface area contributed by atoms with Gasteiger partial charge in [0.1, 0.15) is 12.1 Å². The van der Waals surface area contributed by atoms with Gasteiger partial charge in [-0.1, -0.05) is 41.6 Å². The quantitative estimate of drug-likeness (QED) is 0.621. The van der Waals surface area contributed by atoms with Gasteiger partial charge in [0, 0.05) is 17.5 Å². The molecule has 0 aromatic heterocycles. The highest BCUT2D eigenvalue weighted by molar-refractivity contribution is 6.02. The van der Waals surface area contributed by atoms with Crippen LogP contribution in [-0.2, 0) is 10.4 Å². The van der Waals surface area contributed by atoms with Crippen molar-refractivity contribution >= 4 is 12.0 Å². The summed E-state index contributed by atoms with van der Waals surface area (Å²) in [7, 11) is 0. The predicted molar refractivity (Wildman–Crippen MR) is 78.2 cm³/mol. The molecule has 2 aromatic rings. The van der Waals surface area contributed by atoms with Crippen molar-refractivity contribution < 1.29 is 27.2 Å². The molecular weight excluding hydrogens is 326 g/mol. The number of aldehydes is 1. The number of carbonyl (C=O) groups is 1. The van der Waals surface area contributed by atoms with Gasteiger partial charge < -0.3 is 4.84 Å². The molecule has 1 aliphatic heterocycles. The Morgan fingerprint density at radius 2 is 1.83 bits per heavy atom. The molecule has 7 heteroatoms. The first-order valence-corrected chi connectivity index (χ1v) is 6.99. The van der Waals surface area contributed by atoms with Crippen LogP contribution < -0.4 is 0 Å². The summed E-state index contributed by atoms with van der Waals surface area (Å²) in [6, 6.07) is 10.1. The van der Waals surface area contributed by atoms with Crippen molar-refractivity contribution in [2.45, 2.75) is 18.2 Å². The third-order valence-corrected chi connectivity index (χ3v) is 3.86. The lowest BCUT2D eigenvalue weighted by Crippen LogP contribution is -2.42. The van der Waals surface area contributed by atoms with Gasteiger partial charge in [0.15, 0.2) is 0 Å². The van der Waals surface area contributed by atoms with Gasteiger partial charge in [0.05, 0.1) is 5.71 Å². The van der Waals surface area contributed by atoms with Gasteiger partial charge in [-0.05, 0) is 17.7 Å². The normalized spacial score (nSPS) is 20.4. The van der Waals surface area contributed by atoms with Crippen LogP contribution in [0.5, 0.6) is 0 Å². The molecule has 124 valence electrons. The molecule has 1 atom stereocenters. The first-order chi connectivity index (χ1) is 11.4. The zero-order valence-electron chi connectivity index (χ0n) is 12.2. The monoisotopic (exact) mass is 337 g/mol. The first-order valence-electron chi connectivity index (χ1n) is 6.99. The van der Waals surface area contributed by atoms with E-state index in [2.05, 4.69) is 5.16 Å². The molecule has 24 heavy (non-hydrogen) atoms. The molecule has 0 saturated heterocycles. The third kappa shape index (κ3) is 2.66. The van der Waals surface area contributed by atoms with E-state index in [0.29, 0.717) is 17.4 Å². The van der Waals surface area contributed by atoms with Crippen LogP contribution in [0.25, 0.3) is 0 Å². The molecule has 0 amide bonds. The molecule has 1 heterocycles. The molecule has 3 rings (SSSR count). The Hall–Kier alpha value is -2.70. The zero-order chi connectivity index (χ0) is 17.4. The van der Waals surface area contributed by atoms with Gasteiger partial charge in [-0.2, -0.15) is 13.2 Å². The minimum Gasteiger partial charge on any atom is -0.374 e. The van der Waals surface area contributed by atoms with Crippen LogP contribution in [0.3, 0.4) is 0 Å². The van der Waals surface area contributed by atoms with E-state index in [4.69, 9.17) is 4.84 Å². The maximum Gasteiger partial charge on any atom is 0.435 e. The number of hydrogen-bond donors (Lipinski definition) is 0. The SMILES string of the molecule is O=Cc1ccc(C2=NOC(c3cccc(F)c3)(C(F)(F)F)C2)cc1. The highest BCUT2D eigenvalue weighted by Crippen LogP contribution is 2.48. The first kappa shape index (κ1) is 16.2. The average molecular weight is 337 g/mol. The minimum absolute atomic E-state index is 0.0778. The van der Waals surface area contributed by atoms with E-state index in [-0.39, 0.29) is 11.3 Å². The van der Waals surface area contributed by atoms with E-state index >= 15 is 0 Å². The van der Waals surface area contributed by atoms with Gasteiger partial charge in [-0.3, -0.25) is 4.79 Å². The second-order valence-corrected chi connectivity index (χ2v) is 5.38. The van der Waals surface area contributed by atoms with Gasteiger partial charge >= 0.3 is 6.18 Å². The fourth-order valence-electron chi connectivity index (χ4n) is 2.55. The Morgan fingerprint density at radius 1 is 1.12 bits per heavy atom. The van der Waals surface area contributed by atoms with Gasteiger partial charge in [-0.15, -0.1) is 0 Å². The molecule has 0 saturated carbocycles. The second-order valence-electron chi connectivity index (χ2n) is 5.38. The smallest absolute Gasteiger partial charge is 0.374 e. The van der Waals surface area contributed by atoms with Gasteiger partial charge in [-0.25, -0.2) is 4.39 Å². The molecule has 1 unspecified atom stereocenters. The van der Waals surface area contributed by atoms with Crippen molar-refractivity contribution in [3.8, 4) is 0 Å². The Labute approximate surface area is 134 Å². The highest BCUT2D eigenvalue weighted by Gasteiger charge is 2.62. The Balaban J connectivity index is 1.98. The summed E-state index contributed by atoms with van der Waals surface area (Å²) in [4.78, 5) is 15.4. The fourth-order valence-corrected chi connectivity index (χ4v) is 2.55. The van der Waals surface area contributed by atoms with Crippen LogP contribution in [0.15, 0.2) is 53.7 Å². The Kier molecular flexibility index (Phi) is 3.87. The van der Waals surface area contributed by atoms with Crippen molar-refractivity contribution in [1.82, 2.24) is 0 Å². The summed E-state index contributed by atoms with van der Waals surface area (Å²) in [5.74, 6) is -0.788. The number of benzene rings is 2. The summed E-state index contributed by atoms with van der Waals surface area (Å²) in [6.45, 7) is 0. The predicted octanol–water partition coefficient (Wildman–Crippen LogP) is 4.22. The number of hydrogen-bond acceptors (Lipinski definition) is 3. The second kappa shape index (κ2) is 5.74. The average Bonchev–Trinajstić information content (AvgIpc) is 3.01. The van der Waals surface area contributed by atoms with E-state index in [1.54, 1.807) is 0 Å². The summed E-state index contributed by atoms with van der Waals surface area (Å²) in [6.07, 6.45) is -4.74. The standard InChI is InChI=1S/C17H11F4NO2/c18-14-3-1-2-13(8-14)16(17(19,20)21)9-15(22-24-16)12-6-4-11(10-23)5-7-12/h1-8,10H,9H2. The van der Waals surface area contributed by atoms with E-state index in [9.17, 15) is 22.4 Å². The largest absolute Gasteiger partial charge is 0.435 e. The Bertz CT molecular complexity index is 799. The number of rotatable bonds is 3. The molecule has 0 radical (unpaired) electrons. The summed E-state index contributed by atoms with van der Waals surface area (Å²) in [5, 5.41) is 3.57. The topological polar surface area (TPSA) is 38.7 Å². The number of oxime groups is 1. The van der Waals surface area contributed by atoms with Crippen LogP contribution in [-0.4, -0.2) is 18.2 Å². The molecule has 0 bridgehead atoms. The van der Waals surface area contributed by atoms with Crippen molar-refractivity contribution in [3.05, 3.63) is 71.0 Å². The van der Waals surface area contributed by atoms with Gasteiger partial charge in [0.25, 0.3) is 5.60 Å². The zero-order valence-corrected chi connectivity index (χ0v) is 12.2. The highest BCUT2D eigenvalue weighted by atomic mass is 19.4. The third-order valence-electron chi connectivity index (χ3n) is 3.86. The number of alkyl halides is 3. The number of carbonyl (C=O) groups excluding carboxylic acids is 1. The van der Waals surface area contributed by atoms with Crippen LogP contribution in [0.2, 0.25) is 0 Å². The van der Waals surface area contributed by atoms with Crippen molar-refractivity contribution in [2.75, 3.05) is 0 Å². The summed E-state index contributed by atoms with van der Waals surface area (Å²) in [5.41, 5.74) is -2.20. The van der Waals surface area contributed by atoms with E-state index < -0.39 is 24.0 Å². The molecule has 0 spiro atoms. The van der Waals surface area contributed by atoms with E-state index in [1.165, 1.54) is 30.3 Å². The maximum absolute atomic E-state index is 13.7. The molecule has 2 aromatic carbocycles. The lowest BCUT2D eigenvalue weighted by Gasteiger charge is -2.29. The van der Waals surface area contributed by atoms with E-state index in [1.807, 2.05) is 0 Å². The molecule has 1 aliphatic rings. The van der Waals surface area contributed by atoms with Crippen LogP contribution >= 0.6 is 0 Å².